The van der Waals surface area contributed by atoms with Crippen molar-refractivity contribution in [2.24, 2.45) is 0 Å². The van der Waals surface area contributed by atoms with Crippen molar-refractivity contribution >= 4 is 17.4 Å². The van der Waals surface area contributed by atoms with Crippen LogP contribution in [0.25, 0.3) is 0 Å². The maximum atomic E-state index is 12.2. The number of benzene rings is 1. The fourth-order valence-electron chi connectivity index (χ4n) is 2.18. The largest absolute Gasteiger partial charge is 0.294 e. The van der Waals surface area contributed by atoms with Gasteiger partial charge >= 0.3 is 0 Å². The van der Waals surface area contributed by atoms with Crippen molar-refractivity contribution in [1.82, 2.24) is 4.90 Å². The number of carbonyl (C=O) groups excluding carboxylic acids is 1. The third kappa shape index (κ3) is 2.28. The Balaban J connectivity index is 2.15. The Labute approximate surface area is 101 Å². The fraction of sp³-hybridized carbons (Fsp3) is 0.462. The zero-order valence-corrected chi connectivity index (χ0v) is 10.2. The molecule has 0 bridgehead atoms. The SMILES string of the molecule is CC(C(=O)c1ccccc1Cl)N1CCCC1. The number of carbonyl (C=O) groups is 1. The monoisotopic (exact) mass is 237 g/mol. The number of likely N-dealkylation sites (tertiary alicyclic amines) is 1. The summed E-state index contributed by atoms with van der Waals surface area (Å²) >= 11 is 6.03. The molecule has 2 nitrogen and oxygen atoms in total. The first-order valence-corrected chi connectivity index (χ1v) is 6.11. The number of rotatable bonds is 3. The Morgan fingerprint density at radius 2 is 1.94 bits per heavy atom. The summed E-state index contributed by atoms with van der Waals surface area (Å²) < 4.78 is 0. The van der Waals surface area contributed by atoms with Crippen LogP contribution in [-0.4, -0.2) is 29.8 Å². The van der Waals surface area contributed by atoms with Gasteiger partial charge in [-0.05, 0) is 45.0 Å². The van der Waals surface area contributed by atoms with Gasteiger partial charge in [-0.3, -0.25) is 9.69 Å². The summed E-state index contributed by atoms with van der Waals surface area (Å²) in [5, 5.41) is 0.554. The Morgan fingerprint density at radius 1 is 1.31 bits per heavy atom. The molecular weight excluding hydrogens is 222 g/mol. The number of ketones is 1. The van der Waals surface area contributed by atoms with Crippen molar-refractivity contribution in [2.45, 2.75) is 25.8 Å². The highest BCUT2D eigenvalue weighted by molar-refractivity contribution is 6.34. The molecule has 0 spiro atoms. The van der Waals surface area contributed by atoms with Gasteiger partial charge in [-0.15, -0.1) is 0 Å². The Kier molecular flexibility index (Phi) is 3.62. The Hall–Kier alpha value is -0.860. The second-order valence-corrected chi connectivity index (χ2v) is 4.67. The molecule has 1 aromatic rings. The second kappa shape index (κ2) is 4.98. The highest BCUT2D eigenvalue weighted by atomic mass is 35.5. The average molecular weight is 238 g/mol. The van der Waals surface area contributed by atoms with Crippen LogP contribution in [0.2, 0.25) is 5.02 Å². The van der Waals surface area contributed by atoms with Gasteiger partial charge in [0.2, 0.25) is 0 Å². The molecule has 0 N–H and O–H groups in total. The van der Waals surface area contributed by atoms with E-state index in [2.05, 4.69) is 4.90 Å². The molecule has 0 amide bonds. The molecule has 16 heavy (non-hydrogen) atoms. The zero-order chi connectivity index (χ0) is 11.5. The molecule has 1 atom stereocenters. The number of nitrogens with zero attached hydrogens (tertiary/aromatic N) is 1. The second-order valence-electron chi connectivity index (χ2n) is 4.26. The number of hydrogen-bond acceptors (Lipinski definition) is 2. The molecule has 0 aliphatic carbocycles. The maximum absolute atomic E-state index is 12.2. The van der Waals surface area contributed by atoms with Gasteiger partial charge in [0.05, 0.1) is 11.1 Å². The number of hydrogen-bond donors (Lipinski definition) is 0. The van der Waals surface area contributed by atoms with E-state index in [1.165, 1.54) is 12.8 Å². The van der Waals surface area contributed by atoms with Crippen LogP contribution in [0.1, 0.15) is 30.1 Å². The third-order valence-corrected chi connectivity index (χ3v) is 3.54. The van der Waals surface area contributed by atoms with E-state index in [9.17, 15) is 4.79 Å². The predicted octanol–water partition coefficient (Wildman–Crippen LogP) is 3.01. The van der Waals surface area contributed by atoms with Crippen LogP contribution >= 0.6 is 11.6 Å². The highest BCUT2D eigenvalue weighted by Gasteiger charge is 2.25. The molecule has 1 heterocycles. The molecule has 86 valence electrons. The van der Waals surface area contributed by atoms with Gasteiger partial charge in [0.1, 0.15) is 0 Å². The summed E-state index contributed by atoms with van der Waals surface area (Å²) in [6, 6.07) is 7.22. The van der Waals surface area contributed by atoms with Gasteiger partial charge < -0.3 is 0 Å². The van der Waals surface area contributed by atoms with E-state index in [4.69, 9.17) is 11.6 Å². The Morgan fingerprint density at radius 3 is 2.56 bits per heavy atom. The van der Waals surface area contributed by atoms with E-state index in [0.717, 1.165) is 13.1 Å². The molecule has 1 aromatic carbocycles. The summed E-state index contributed by atoms with van der Waals surface area (Å²) in [5.41, 5.74) is 0.642. The molecule has 1 saturated heterocycles. The van der Waals surface area contributed by atoms with Crippen LogP contribution in [0, 0.1) is 0 Å². The molecule has 1 unspecified atom stereocenters. The molecule has 1 aliphatic rings. The minimum atomic E-state index is -0.0533. The van der Waals surface area contributed by atoms with Gasteiger partial charge in [-0.25, -0.2) is 0 Å². The number of Topliss-reactive ketones (excluding diaryl/α,β-unsaturated/α-hetero) is 1. The van der Waals surface area contributed by atoms with E-state index in [0.29, 0.717) is 10.6 Å². The van der Waals surface area contributed by atoms with Crippen molar-refractivity contribution in [3.8, 4) is 0 Å². The maximum Gasteiger partial charge on any atom is 0.181 e. The lowest BCUT2D eigenvalue weighted by atomic mass is 10.0. The summed E-state index contributed by atoms with van der Waals surface area (Å²) in [4.78, 5) is 14.5. The zero-order valence-electron chi connectivity index (χ0n) is 9.45. The van der Waals surface area contributed by atoms with E-state index in [1.807, 2.05) is 19.1 Å². The van der Waals surface area contributed by atoms with Gasteiger partial charge in [-0.1, -0.05) is 23.7 Å². The minimum Gasteiger partial charge on any atom is -0.294 e. The summed E-state index contributed by atoms with van der Waals surface area (Å²) in [7, 11) is 0. The molecule has 0 radical (unpaired) electrons. The minimum absolute atomic E-state index is 0.0533. The summed E-state index contributed by atoms with van der Waals surface area (Å²) in [6.07, 6.45) is 2.39. The molecule has 0 saturated carbocycles. The van der Waals surface area contributed by atoms with E-state index >= 15 is 0 Å². The van der Waals surface area contributed by atoms with Crippen molar-refractivity contribution < 1.29 is 4.79 Å². The Bertz CT molecular complexity index is 385. The first-order chi connectivity index (χ1) is 7.70. The smallest absolute Gasteiger partial charge is 0.181 e. The molecule has 0 aromatic heterocycles. The van der Waals surface area contributed by atoms with Crippen LogP contribution in [-0.2, 0) is 0 Å². The molecule has 3 heteroatoms. The average Bonchev–Trinajstić information content (AvgIpc) is 2.81. The van der Waals surface area contributed by atoms with E-state index in [1.54, 1.807) is 12.1 Å². The lowest BCUT2D eigenvalue weighted by Gasteiger charge is -2.22. The van der Waals surface area contributed by atoms with Crippen molar-refractivity contribution in [2.75, 3.05) is 13.1 Å². The fourth-order valence-corrected chi connectivity index (χ4v) is 2.41. The van der Waals surface area contributed by atoms with E-state index in [-0.39, 0.29) is 11.8 Å². The van der Waals surface area contributed by atoms with Crippen molar-refractivity contribution in [3.05, 3.63) is 34.9 Å². The summed E-state index contributed by atoms with van der Waals surface area (Å²) in [5.74, 6) is 0.132. The molecule has 1 aliphatic heterocycles. The van der Waals surface area contributed by atoms with Gasteiger partial charge in [-0.2, -0.15) is 0 Å². The quantitative estimate of drug-likeness (QED) is 0.754. The topological polar surface area (TPSA) is 20.3 Å². The normalized spacial score (nSPS) is 18.6. The van der Waals surface area contributed by atoms with Gasteiger partial charge in [0.15, 0.2) is 5.78 Å². The van der Waals surface area contributed by atoms with Gasteiger partial charge in [0, 0.05) is 5.56 Å². The predicted molar refractivity (Wildman–Crippen MR) is 66.1 cm³/mol. The lowest BCUT2D eigenvalue weighted by Crippen LogP contribution is -2.36. The van der Waals surface area contributed by atoms with Crippen molar-refractivity contribution in [1.29, 1.82) is 0 Å². The molecular formula is C13H16ClNO. The van der Waals surface area contributed by atoms with Crippen LogP contribution in [0.15, 0.2) is 24.3 Å². The van der Waals surface area contributed by atoms with Crippen LogP contribution in [0.3, 0.4) is 0 Å². The number of halogens is 1. The first-order valence-electron chi connectivity index (χ1n) is 5.73. The molecule has 1 fully saturated rings. The van der Waals surface area contributed by atoms with Crippen LogP contribution < -0.4 is 0 Å². The summed E-state index contributed by atoms with van der Waals surface area (Å²) in [6.45, 7) is 4.02. The van der Waals surface area contributed by atoms with Crippen LogP contribution in [0.5, 0.6) is 0 Å². The standard InChI is InChI=1S/C13H16ClNO/c1-10(15-8-4-5-9-15)13(16)11-6-2-3-7-12(11)14/h2-3,6-7,10H,4-5,8-9H2,1H3. The molecule has 2 rings (SSSR count). The first kappa shape index (κ1) is 11.6. The van der Waals surface area contributed by atoms with E-state index < -0.39 is 0 Å². The third-order valence-electron chi connectivity index (χ3n) is 3.21. The van der Waals surface area contributed by atoms with Gasteiger partial charge in [0.25, 0.3) is 0 Å². The lowest BCUT2D eigenvalue weighted by molar-refractivity contribution is 0.0867. The van der Waals surface area contributed by atoms with Crippen molar-refractivity contribution in [3.63, 3.8) is 0 Å². The van der Waals surface area contributed by atoms with Crippen LogP contribution in [0.4, 0.5) is 0 Å². The highest BCUT2D eigenvalue weighted by Crippen LogP contribution is 2.20.